The normalized spacial score (nSPS) is 19.7. The first-order chi connectivity index (χ1) is 21.8. The van der Waals surface area contributed by atoms with Crippen molar-refractivity contribution in [3.8, 4) is 0 Å². The Morgan fingerprint density at radius 2 is 1.27 bits per heavy atom. The average Bonchev–Trinajstić information content (AvgIpc) is 3.40. The van der Waals surface area contributed by atoms with E-state index in [0.717, 1.165) is 4.57 Å². The van der Waals surface area contributed by atoms with Gasteiger partial charge in [0, 0.05) is 12.6 Å². The number of hydrogen-bond donors (Lipinski definition) is 1. The number of nitrogens with two attached hydrogens (primary N) is 1. The summed E-state index contributed by atoms with van der Waals surface area (Å²) in [6.45, 7) is 1.56. The number of Topliss-reactive ketones (excluding diaryl/α,β-unsaturated/α-hetero) is 1. The topological polar surface area (TPSA) is 166 Å². The van der Waals surface area contributed by atoms with Crippen LogP contribution in [-0.4, -0.2) is 57.7 Å². The van der Waals surface area contributed by atoms with Gasteiger partial charge in [0.25, 0.3) is 0 Å². The lowest BCUT2D eigenvalue weighted by Crippen LogP contribution is -2.48. The van der Waals surface area contributed by atoms with E-state index in [1.54, 1.807) is 61.5 Å². The molecule has 0 radical (unpaired) electrons. The fourth-order valence-electron chi connectivity index (χ4n) is 4.82. The summed E-state index contributed by atoms with van der Waals surface area (Å²) in [7, 11) is 0. The molecule has 45 heavy (non-hydrogen) atoms. The van der Waals surface area contributed by atoms with Crippen molar-refractivity contribution in [3.63, 3.8) is 0 Å². The van der Waals surface area contributed by atoms with Crippen LogP contribution in [0.15, 0.2) is 108 Å². The van der Waals surface area contributed by atoms with Gasteiger partial charge in [-0.2, -0.15) is 4.98 Å². The molecule has 4 aromatic rings. The molecule has 2 N–H and O–H groups in total. The minimum atomic E-state index is -1.63. The van der Waals surface area contributed by atoms with Gasteiger partial charge in [-0.1, -0.05) is 61.5 Å². The molecule has 0 bridgehead atoms. The molecule has 1 saturated heterocycles. The fraction of sp³-hybridized carbons (Fsp3) is 0.212. The van der Waals surface area contributed by atoms with Crippen LogP contribution in [0.1, 0.15) is 50.6 Å². The Labute approximate surface area is 257 Å². The van der Waals surface area contributed by atoms with Crippen molar-refractivity contribution in [1.82, 2.24) is 9.55 Å². The van der Waals surface area contributed by atoms with Crippen LogP contribution in [0.4, 0.5) is 5.82 Å². The van der Waals surface area contributed by atoms with Crippen molar-refractivity contribution in [2.45, 2.75) is 44.0 Å². The molecule has 12 nitrogen and oxygen atoms in total. The van der Waals surface area contributed by atoms with E-state index < -0.39 is 60.0 Å². The third-order valence-electron chi connectivity index (χ3n) is 7.06. The quantitative estimate of drug-likeness (QED) is 0.206. The lowest BCUT2D eigenvalue weighted by molar-refractivity contribution is -0.142. The number of nitrogen functional groups attached to an aromatic ring is 1. The van der Waals surface area contributed by atoms with Gasteiger partial charge in [0.1, 0.15) is 11.9 Å². The summed E-state index contributed by atoms with van der Waals surface area (Å²) in [5, 5.41) is 0. The Hall–Kier alpha value is -5.62. The lowest BCUT2D eigenvalue weighted by atomic mass is 10.00. The van der Waals surface area contributed by atoms with Crippen molar-refractivity contribution in [2.24, 2.45) is 0 Å². The van der Waals surface area contributed by atoms with Gasteiger partial charge in [0.15, 0.2) is 30.3 Å². The first kappa shape index (κ1) is 30.8. The maximum atomic E-state index is 13.4. The lowest BCUT2D eigenvalue weighted by Gasteiger charge is -2.28. The van der Waals surface area contributed by atoms with Gasteiger partial charge in [-0.25, -0.2) is 19.2 Å². The molecule has 5 rings (SSSR count). The monoisotopic (exact) mass is 611 g/mol. The third kappa shape index (κ3) is 6.97. The second-order valence-corrected chi connectivity index (χ2v) is 10.0. The molecule has 0 spiro atoms. The molecule has 1 fully saturated rings. The molecule has 1 aliphatic rings. The summed E-state index contributed by atoms with van der Waals surface area (Å²) >= 11 is 0. The molecule has 5 atom stereocenters. The summed E-state index contributed by atoms with van der Waals surface area (Å²) in [6, 6.07) is 25.2. The number of ketones is 1. The summed E-state index contributed by atoms with van der Waals surface area (Å²) in [5.41, 5.74) is 5.30. The number of esters is 3. The van der Waals surface area contributed by atoms with E-state index >= 15 is 0 Å². The Morgan fingerprint density at radius 1 is 0.778 bits per heavy atom. The Kier molecular flexibility index (Phi) is 9.44. The van der Waals surface area contributed by atoms with E-state index in [1.165, 1.54) is 48.7 Å². The smallest absolute Gasteiger partial charge is 0.351 e. The van der Waals surface area contributed by atoms with Gasteiger partial charge < -0.3 is 24.7 Å². The van der Waals surface area contributed by atoms with E-state index in [2.05, 4.69) is 4.98 Å². The van der Waals surface area contributed by atoms with Crippen molar-refractivity contribution in [1.29, 1.82) is 0 Å². The van der Waals surface area contributed by atoms with E-state index in [-0.39, 0.29) is 28.9 Å². The zero-order valence-corrected chi connectivity index (χ0v) is 24.1. The minimum absolute atomic E-state index is 0.0773. The van der Waals surface area contributed by atoms with Crippen LogP contribution < -0.4 is 11.4 Å². The largest absolute Gasteiger partial charge is 0.452 e. The standard InChI is InChI=1S/C33H29N3O9/c1-2-23(37)25(43-30(38)20-12-6-3-7-13-20)26-27(44-31(39)21-14-8-4-9-15-21)28(45-32(40)22-16-10-5-11-17-22)29(42-26)36-19-18-24(34)35-33(36)41/h3-19,25-29H,2H2,1H3,(H2,34,35,41)/t25?,26-,27-,28-,29-/m1/s1. The maximum Gasteiger partial charge on any atom is 0.351 e. The zero-order valence-electron chi connectivity index (χ0n) is 24.1. The van der Waals surface area contributed by atoms with E-state index in [9.17, 15) is 24.0 Å². The molecule has 0 aliphatic carbocycles. The SMILES string of the molecule is CCC(=O)C(OC(=O)c1ccccc1)[C@H]1O[C@@H](n2ccc(N)nc2=O)[C@H](OC(=O)c2ccccc2)[C@@H]1OC(=O)c1ccccc1. The number of hydrogen-bond acceptors (Lipinski definition) is 11. The van der Waals surface area contributed by atoms with Gasteiger partial charge >= 0.3 is 23.6 Å². The molecule has 1 aromatic heterocycles. The van der Waals surface area contributed by atoms with Crippen molar-refractivity contribution < 1.29 is 38.1 Å². The van der Waals surface area contributed by atoms with Gasteiger partial charge in [0.05, 0.1) is 16.7 Å². The third-order valence-corrected chi connectivity index (χ3v) is 7.06. The fourth-order valence-corrected chi connectivity index (χ4v) is 4.82. The molecule has 1 unspecified atom stereocenters. The van der Waals surface area contributed by atoms with Gasteiger partial charge in [-0.05, 0) is 42.5 Å². The van der Waals surface area contributed by atoms with Gasteiger partial charge in [-0.15, -0.1) is 0 Å². The van der Waals surface area contributed by atoms with Gasteiger partial charge in [0.2, 0.25) is 0 Å². The molecule has 3 aromatic carbocycles. The van der Waals surface area contributed by atoms with Crippen molar-refractivity contribution >= 4 is 29.5 Å². The molecular weight excluding hydrogens is 582 g/mol. The van der Waals surface area contributed by atoms with E-state index in [4.69, 9.17) is 24.7 Å². The van der Waals surface area contributed by atoms with E-state index in [0.29, 0.717) is 0 Å². The number of nitrogens with zero attached hydrogens (tertiary/aromatic N) is 2. The second-order valence-electron chi connectivity index (χ2n) is 10.0. The van der Waals surface area contributed by atoms with E-state index in [1.807, 2.05) is 0 Å². The molecule has 12 heteroatoms. The summed E-state index contributed by atoms with van der Waals surface area (Å²) < 4.78 is 24.7. The highest BCUT2D eigenvalue weighted by Gasteiger charge is 2.56. The first-order valence-electron chi connectivity index (χ1n) is 14.1. The molecule has 230 valence electrons. The number of aromatic nitrogens is 2. The first-order valence-corrected chi connectivity index (χ1v) is 14.1. The number of benzene rings is 3. The van der Waals surface area contributed by atoms with Crippen LogP contribution in [0, 0.1) is 0 Å². The summed E-state index contributed by atoms with van der Waals surface area (Å²) in [6.07, 6.45) is -6.49. The molecule has 2 heterocycles. The summed E-state index contributed by atoms with van der Waals surface area (Å²) in [4.78, 5) is 70.0. The molecular formula is C33H29N3O9. The molecule has 1 aliphatic heterocycles. The minimum Gasteiger partial charge on any atom is -0.452 e. The van der Waals surface area contributed by atoms with Crippen LogP contribution in [0.3, 0.4) is 0 Å². The number of ether oxygens (including phenoxy) is 4. The van der Waals surface area contributed by atoms with Crippen molar-refractivity contribution in [3.05, 3.63) is 130 Å². The molecule has 0 amide bonds. The number of rotatable bonds is 10. The maximum absolute atomic E-state index is 13.4. The highest BCUT2D eigenvalue weighted by atomic mass is 16.7. The van der Waals surface area contributed by atoms with Crippen LogP contribution in [0.25, 0.3) is 0 Å². The Bertz CT molecular complexity index is 1730. The molecule has 0 saturated carbocycles. The Balaban J connectivity index is 1.60. The summed E-state index contributed by atoms with van der Waals surface area (Å²) in [5.74, 6) is -3.15. The van der Waals surface area contributed by atoms with Gasteiger partial charge in [-0.3, -0.25) is 9.36 Å². The van der Waals surface area contributed by atoms with Crippen LogP contribution in [0.5, 0.6) is 0 Å². The number of anilines is 1. The van der Waals surface area contributed by atoms with Crippen LogP contribution >= 0.6 is 0 Å². The highest BCUT2D eigenvalue weighted by molar-refractivity contribution is 5.93. The van der Waals surface area contributed by atoms with Crippen LogP contribution in [-0.2, 0) is 23.7 Å². The Morgan fingerprint density at radius 3 is 1.76 bits per heavy atom. The van der Waals surface area contributed by atoms with Crippen molar-refractivity contribution in [2.75, 3.05) is 5.73 Å². The average molecular weight is 612 g/mol. The number of carbonyl (C=O) groups excluding carboxylic acids is 4. The predicted octanol–water partition coefficient (Wildman–Crippen LogP) is 3.38. The second kappa shape index (κ2) is 13.8. The zero-order chi connectivity index (χ0) is 31.9. The number of carbonyl (C=O) groups is 4. The van der Waals surface area contributed by atoms with Crippen LogP contribution in [0.2, 0.25) is 0 Å². The highest BCUT2D eigenvalue weighted by Crippen LogP contribution is 2.37. The predicted molar refractivity (Wildman–Crippen MR) is 159 cm³/mol.